The second-order valence-corrected chi connectivity index (χ2v) is 4.22. The van der Waals surface area contributed by atoms with Crippen molar-refractivity contribution < 1.29 is 4.74 Å². The van der Waals surface area contributed by atoms with E-state index in [0.717, 1.165) is 19.6 Å². The summed E-state index contributed by atoms with van der Waals surface area (Å²) < 4.78 is 5.48. The van der Waals surface area contributed by atoms with Crippen molar-refractivity contribution in [1.82, 2.24) is 15.0 Å². The molecule has 2 rings (SSSR count). The van der Waals surface area contributed by atoms with E-state index in [1.54, 1.807) is 0 Å². The van der Waals surface area contributed by atoms with Crippen molar-refractivity contribution in [3.05, 3.63) is 5.28 Å². The molecule has 1 atom stereocenters. The molecular formula is C10H16ClN5O. The topological polar surface area (TPSA) is 63.2 Å². The molecule has 1 aromatic rings. The molecule has 1 aliphatic heterocycles. The van der Waals surface area contributed by atoms with Gasteiger partial charge in [0.2, 0.25) is 17.2 Å². The second kappa shape index (κ2) is 5.46. The molecule has 7 heteroatoms. The van der Waals surface area contributed by atoms with Crippen LogP contribution >= 0.6 is 11.6 Å². The van der Waals surface area contributed by atoms with Crippen LogP contribution in [0.15, 0.2) is 0 Å². The Hall–Kier alpha value is -1.14. The van der Waals surface area contributed by atoms with Crippen LogP contribution in [-0.4, -0.2) is 47.3 Å². The number of hydrogen-bond donors (Lipinski definition) is 1. The van der Waals surface area contributed by atoms with Gasteiger partial charge in [-0.15, -0.1) is 0 Å². The molecule has 0 aliphatic carbocycles. The zero-order valence-electron chi connectivity index (χ0n) is 9.98. The van der Waals surface area contributed by atoms with Crippen molar-refractivity contribution in [2.24, 2.45) is 0 Å². The first kappa shape index (κ1) is 12.3. The molecule has 0 bridgehead atoms. The number of halogens is 1. The van der Waals surface area contributed by atoms with Gasteiger partial charge in [0.05, 0.1) is 12.7 Å². The molecule has 94 valence electrons. The Balaban J connectivity index is 2.18. The molecule has 6 nitrogen and oxygen atoms in total. The fourth-order valence-electron chi connectivity index (χ4n) is 1.72. The van der Waals surface area contributed by atoms with Crippen molar-refractivity contribution in [2.75, 3.05) is 36.5 Å². The Bertz CT molecular complexity index is 389. The molecular weight excluding hydrogens is 242 g/mol. The SMILES string of the molecule is CCNc1nc(Cl)nc(N2CCOC(C)C2)n1. The zero-order valence-corrected chi connectivity index (χ0v) is 10.7. The molecule has 1 aromatic heterocycles. The van der Waals surface area contributed by atoms with Gasteiger partial charge in [0, 0.05) is 19.6 Å². The predicted molar refractivity (Wildman–Crippen MR) is 66.6 cm³/mol. The number of anilines is 2. The highest BCUT2D eigenvalue weighted by Gasteiger charge is 2.20. The van der Waals surface area contributed by atoms with E-state index in [1.807, 2.05) is 13.8 Å². The molecule has 0 amide bonds. The van der Waals surface area contributed by atoms with E-state index in [0.29, 0.717) is 18.5 Å². The van der Waals surface area contributed by atoms with Crippen LogP contribution < -0.4 is 10.2 Å². The summed E-state index contributed by atoms with van der Waals surface area (Å²) in [6, 6.07) is 0. The van der Waals surface area contributed by atoms with E-state index in [2.05, 4.69) is 25.2 Å². The monoisotopic (exact) mass is 257 g/mol. The van der Waals surface area contributed by atoms with Crippen LogP contribution in [0.5, 0.6) is 0 Å². The van der Waals surface area contributed by atoms with E-state index in [1.165, 1.54) is 0 Å². The highest BCUT2D eigenvalue weighted by Crippen LogP contribution is 2.16. The van der Waals surface area contributed by atoms with Crippen LogP contribution in [0.2, 0.25) is 5.28 Å². The minimum absolute atomic E-state index is 0.182. The average molecular weight is 258 g/mol. The fraction of sp³-hybridized carbons (Fsp3) is 0.700. The predicted octanol–water partition coefficient (Wildman–Crippen LogP) is 1.18. The third-order valence-electron chi connectivity index (χ3n) is 2.46. The lowest BCUT2D eigenvalue weighted by atomic mass is 10.3. The molecule has 1 aliphatic rings. The highest BCUT2D eigenvalue weighted by atomic mass is 35.5. The Kier molecular flexibility index (Phi) is 3.96. The summed E-state index contributed by atoms with van der Waals surface area (Å²) in [5.74, 6) is 1.12. The van der Waals surface area contributed by atoms with E-state index in [9.17, 15) is 0 Å². The normalized spacial score (nSPS) is 20.4. The van der Waals surface area contributed by atoms with Crippen molar-refractivity contribution in [1.29, 1.82) is 0 Å². The number of nitrogens with one attached hydrogen (secondary N) is 1. The van der Waals surface area contributed by atoms with Crippen LogP contribution in [0.1, 0.15) is 13.8 Å². The average Bonchev–Trinajstić information content (AvgIpc) is 2.28. The summed E-state index contributed by atoms with van der Waals surface area (Å²) >= 11 is 5.88. The first-order valence-electron chi connectivity index (χ1n) is 5.71. The molecule has 1 N–H and O–H groups in total. The van der Waals surface area contributed by atoms with Gasteiger partial charge in [-0.25, -0.2) is 0 Å². The summed E-state index contributed by atoms with van der Waals surface area (Å²) in [6.07, 6.45) is 0.182. The Labute approximate surface area is 105 Å². The van der Waals surface area contributed by atoms with Gasteiger partial charge in [-0.3, -0.25) is 0 Å². The lowest BCUT2D eigenvalue weighted by Crippen LogP contribution is -2.42. The Morgan fingerprint density at radius 3 is 3.00 bits per heavy atom. The number of hydrogen-bond acceptors (Lipinski definition) is 6. The van der Waals surface area contributed by atoms with Gasteiger partial charge in [-0.2, -0.15) is 15.0 Å². The van der Waals surface area contributed by atoms with Gasteiger partial charge in [-0.1, -0.05) is 0 Å². The van der Waals surface area contributed by atoms with Gasteiger partial charge in [0.1, 0.15) is 0 Å². The first-order chi connectivity index (χ1) is 8.19. The summed E-state index contributed by atoms with van der Waals surface area (Å²) in [4.78, 5) is 14.6. The third kappa shape index (κ3) is 3.17. The Morgan fingerprint density at radius 1 is 1.47 bits per heavy atom. The van der Waals surface area contributed by atoms with E-state index < -0.39 is 0 Å². The lowest BCUT2D eigenvalue weighted by Gasteiger charge is -2.31. The molecule has 1 fully saturated rings. The molecule has 0 saturated carbocycles. The number of ether oxygens (including phenoxy) is 1. The minimum atomic E-state index is 0.182. The molecule has 0 radical (unpaired) electrons. The van der Waals surface area contributed by atoms with E-state index in [-0.39, 0.29) is 11.4 Å². The molecule has 2 heterocycles. The van der Waals surface area contributed by atoms with Gasteiger partial charge < -0.3 is 15.0 Å². The molecule has 1 unspecified atom stereocenters. The van der Waals surface area contributed by atoms with Crippen LogP contribution in [0.25, 0.3) is 0 Å². The lowest BCUT2D eigenvalue weighted by molar-refractivity contribution is 0.0526. The van der Waals surface area contributed by atoms with Gasteiger partial charge in [0.15, 0.2) is 0 Å². The number of nitrogens with zero attached hydrogens (tertiary/aromatic N) is 4. The number of rotatable bonds is 3. The van der Waals surface area contributed by atoms with Crippen LogP contribution in [0.4, 0.5) is 11.9 Å². The number of aromatic nitrogens is 3. The fourth-order valence-corrected chi connectivity index (χ4v) is 1.87. The standard InChI is InChI=1S/C10H16ClN5O/c1-3-12-9-13-8(11)14-10(15-9)16-4-5-17-7(2)6-16/h7H,3-6H2,1-2H3,(H,12,13,14,15). The highest BCUT2D eigenvalue weighted by molar-refractivity contribution is 6.28. The van der Waals surface area contributed by atoms with Crippen molar-refractivity contribution in [3.8, 4) is 0 Å². The van der Waals surface area contributed by atoms with Gasteiger partial charge in [0.25, 0.3) is 0 Å². The minimum Gasteiger partial charge on any atom is -0.375 e. The molecule has 17 heavy (non-hydrogen) atoms. The van der Waals surface area contributed by atoms with Gasteiger partial charge in [-0.05, 0) is 25.4 Å². The maximum absolute atomic E-state index is 5.88. The second-order valence-electron chi connectivity index (χ2n) is 3.89. The quantitative estimate of drug-likeness (QED) is 0.877. The summed E-state index contributed by atoms with van der Waals surface area (Å²) in [5, 5.41) is 3.25. The van der Waals surface area contributed by atoms with Crippen LogP contribution in [0, 0.1) is 0 Å². The summed E-state index contributed by atoms with van der Waals surface area (Å²) in [6.45, 7) is 6.98. The van der Waals surface area contributed by atoms with E-state index in [4.69, 9.17) is 16.3 Å². The molecule has 0 aromatic carbocycles. The van der Waals surface area contributed by atoms with Crippen molar-refractivity contribution in [2.45, 2.75) is 20.0 Å². The maximum Gasteiger partial charge on any atom is 0.231 e. The van der Waals surface area contributed by atoms with Crippen LogP contribution in [-0.2, 0) is 4.74 Å². The largest absolute Gasteiger partial charge is 0.375 e. The van der Waals surface area contributed by atoms with Crippen LogP contribution in [0.3, 0.4) is 0 Å². The van der Waals surface area contributed by atoms with Gasteiger partial charge >= 0.3 is 0 Å². The summed E-state index contributed by atoms with van der Waals surface area (Å²) in [5.41, 5.74) is 0. The Morgan fingerprint density at radius 2 is 2.29 bits per heavy atom. The van der Waals surface area contributed by atoms with E-state index >= 15 is 0 Å². The zero-order chi connectivity index (χ0) is 12.3. The smallest absolute Gasteiger partial charge is 0.231 e. The number of morpholine rings is 1. The summed E-state index contributed by atoms with van der Waals surface area (Å²) in [7, 11) is 0. The molecule has 0 spiro atoms. The maximum atomic E-state index is 5.88. The third-order valence-corrected chi connectivity index (χ3v) is 2.62. The molecule has 1 saturated heterocycles. The first-order valence-corrected chi connectivity index (χ1v) is 6.09. The van der Waals surface area contributed by atoms with Crippen molar-refractivity contribution in [3.63, 3.8) is 0 Å². The van der Waals surface area contributed by atoms with Crippen molar-refractivity contribution >= 4 is 23.5 Å².